The van der Waals surface area contributed by atoms with Crippen molar-refractivity contribution in [2.45, 2.75) is 147 Å². The fourth-order valence-corrected chi connectivity index (χ4v) is 149. The van der Waals surface area contributed by atoms with E-state index in [0.717, 1.165) is 66.9 Å². The molecule has 18 fully saturated rings. The van der Waals surface area contributed by atoms with Crippen molar-refractivity contribution in [1.82, 2.24) is 9.97 Å². The summed E-state index contributed by atoms with van der Waals surface area (Å²) in [5.41, 5.74) is 5.14. The second kappa shape index (κ2) is 4.91. The van der Waals surface area contributed by atoms with Crippen LogP contribution < -0.4 is 0 Å². The zero-order chi connectivity index (χ0) is 33.2. The quantitative estimate of drug-likeness (QED) is 0.197. The van der Waals surface area contributed by atoms with E-state index >= 15 is 0 Å². The third kappa shape index (κ3) is 0.909. The Labute approximate surface area is 300 Å². The van der Waals surface area contributed by atoms with Crippen molar-refractivity contribution in [1.29, 1.82) is 0 Å². The number of fused-ring (bicyclic) bond motifs is 10. The van der Waals surface area contributed by atoms with E-state index in [1.54, 1.807) is 64.2 Å². The minimum absolute atomic E-state index is 0.0588. The van der Waals surface area contributed by atoms with Gasteiger partial charge < -0.3 is 0 Å². The van der Waals surface area contributed by atoms with Gasteiger partial charge in [-0.3, -0.25) is 0 Å². The summed E-state index contributed by atoms with van der Waals surface area (Å²) < 4.78 is 2.30. The monoisotopic (exact) mass is 772 g/mol. The van der Waals surface area contributed by atoms with Gasteiger partial charge in [-0.05, 0) is 0 Å². The molecule has 0 amide bonds. The molecule has 1 spiro atoms. The molecule has 6 heteroatoms. The zero-order valence-corrected chi connectivity index (χ0v) is 35.1. The first-order chi connectivity index (χ1) is 24.5. The molecule has 2 nitrogen and oxygen atoms in total. The third-order valence-electron chi connectivity index (χ3n) is 28.7. The number of hydrogen-bond acceptors (Lipinski definition) is 2. The van der Waals surface area contributed by atoms with Gasteiger partial charge in [-0.15, -0.1) is 0 Å². The molecule has 8 bridgehead atoms. The molecule has 20 rings (SSSR count). The van der Waals surface area contributed by atoms with E-state index in [2.05, 4.69) is 77.7 Å². The zero-order valence-electron chi connectivity index (χ0n) is 31.0. The third-order valence-corrected chi connectivity index (χ3v) is 87.5. The van der Waals surface area contributed by atoms with Gasteiger partial charge in [-0.25, -0.2) is 0 Å². The first-order valence-electron chi connectivity index (χ1n) is 22.0. The topological polar surface area (TPSA) is 25.8 Å². The summed E-state index contributed by atoms with van der Waals surface area (Å²) in [6.07, 6.45) is 22.6. The molecule has 18 aliphatic rings. The van der Waals surface area contributed by atoms with E-state index in [4.69, 9.17) is 9.97 Å². The number of aromatic nitrogens is 2. The molecule has 8 saturated carbocycles. The van der Waals surface area contributed by atoms with Crippen LogP contribution >= 0.6 is 17.2 Å². The Morgan fingerprint density at radius 3 is 1.45 bits per heavy atom. The van der Waals surface area contributed by atoms with Crippen LogP contribution in [0.25, 0.3) is 0 Å². The van der Waals surface area contributed by atoms with Gasteiger partial charge in [0.2, 0.25) is 0 Å². The first kappa shape index (κ1) is 27.5. The van der Waals surface area contributed by atoms with Crippen LogP contribution in [0.5, 0.6) is 0 Å². The Morgan fingerprint density at radius 2 is 1.10 bits per heavy atom. The van der Waals surface area contributed by atoms with Gasteiger partial charge in [0.1, 0.15) is 0 Å². The molecule has 6 unspecified atom stereocenters. The van der Waals surface area contributed by atoms with Gasteiger partial charge in [-0.2, -0.15) is 0 Å². The van der Waals surface area contributed by atoms with Crippen LogP contribution in [0.1, 0.15) is 75.6 Å². The molecule has 2 aromatic heterocycles. The van der Waals surface area contributed by atoms with Crippen LogP contribution in [0.4, 0.5) is 0 Å². The van der Waals surface area contributed by atoms with Crippen LogP contribution in [-0.2, 0) is 11.7 Å². The normalized spacial score (nSPS) is 73.4. The molecule has 0 N–H and O–H groups in total. The average Bonchev–Trinajstić information content (AvgIpc) is 4.06. The molecule has 0 aromatic carbocycles. The predicted molar refractivity (Wildman–Crippen MR) is 210 cm³/mol. The second-order valence-electron chi connectivity index (χ2n) is 26.0. The Balaban J connectivity index is 0.925. The molecule has 12 heterocycles. The summed E-state index contributed by atoms with van der Waals surface area (Å²) in [6.45, 7) is 4.57. The molecule has 10 aliphatic heterocycles. The minimum atomic E-state index is -4.27. The summed E-state index contributed by atoms with van der Waals surface area (Å²) in [5.74, 6) is 8.91. The van der Waals surface area contributed by atoms with Crippen molar-refractivity contribution in [2.24, 2.45) is 47.3 Å². The number of pyridine rings is 2. The van der Waals surface area contributed by atoms with Crippen molar-refractivity contribution >= 4 is 25.2 Å². The summed E-state index contributed by atoms with van der Waals surface area (Å²) in [5, 5.41) is -0.0678. The molecule has 8 aliphatic carbocycles. The summed E-state index contributed by atoms with van der Waals surface area (Å²) in [7, 11) is 2.47. The van der Waals surface area contributed by atoms with Crippen molar-refractivity contribution < 1.29 is 6.51 Å². The van der Waals surface area contributed by atoms with E-state index in [-0.39, 0.29) is 13.1 Å². The molecule has 6 atom stereocenters. The van der Waals surface area contributed by atoms with E-state index in [1.807, 2.05) is 6.16 Å². The molecular weight excluding hydrogens is 714 g/mol. The van der Waals surface area contributed by atoms with Gasteiger partial charge >= 0.3 is 302 Å². The van der Waals surface area contributed by atoms with Gasteiger partial charge in [0, 0.05) is 0 Å². The average molecular weight is 773 g/mol. The summed E-state index contributed by atoms with van der Waals surface area (Å²) in [4.78, 5) is 19.9. The fourth-order valence-electron chi connectivity index (χ4n) is 32.3. The van der Waals surface area contributed by atoms with Crippen molar-refractivity contribution in [2.75, 3.05) is 6.16 Å². The molecule has 0 radical (unpaired) electrons. The van der Waals surface area contributed by atoms with Crippen LogP contribution in [0.3, 0.4) is 0 Å². The Bertz CT molecular complexity index is 2340. The van der Waals surface area contributed by atoms with Crippen LogP contribution in [-0.4, -0.2) is 35.5 Å². The van der Waals surface area contributed by atoms with E-state index in [0.29, 0.717) is 4.31 Å². The Kier molecular flexibility index (Phi) is 2.65. The van der Waals surface area contributed by atoms with E-state index < -0.39 is 14.6 Å². The van der Waals surface area contributed by atoms with Crippen molar-refractivity contribution in [3.05, 3.63) is 60.2 Å². The van der Waals surface area contributed by atoms with Crippen LogP contribution in [0.2, 0.25) is 65.9 Å². The molecule has 51 heavy (non-hydrogen) atoms. The summed E-state index contributed by atoms with van der Waals surface area (Å²) >= 11 is 0. The van der Waals surface area contributed by atoms with E-state index in [1.165, 1.54) is 45.1 Å². The van der Waals surface area contributed by atoms with Crippen molar-refractivity contribution in [3.8, 4) is 0 Å². The Morgan fingerprint density at radius 1 is 0.667 bits per heavy atom. The maximum absolute atomic E-state index is 5.49. The van der Waals surface area contributed by atoms with Crippen molar-refractivity contribution in [3.63, 3.8) is 0 Å². The van der Waals surface area contributed by atoms with E-state index in [9.17, 15) is 0 Å². The standard InChI is InChI=1S/C40H53N2P2Si.C5H5.Fe/c1-45(2,3)34-22-33(35(23-34)40(43,36-8-4-6-10-41-36)37-9-5-7-11-42-37)24-44(38-29-14-25-12-26(16-29)17-30(38)15-25)39-31-18-27-13-28(20-31)21-32(39)19-27;1-2-4-5-3-1;/h4-11,22-23,25-32,38-39H,12-21,24,43H2,1-3H3;1-5H;. The maximum atomic E-state index is 5.49. The van der Waals surface area contributed by atoms with Crippen LogP contribution in [0, 0.1) is 47.3 Å². The summed E-state index contributed by atoms with van der Waals surface area (Å²) in [6, 6.07) is 14.1. The molecule has 10 saturated heterocycles. The Hall–Kier alpha value is -0.104. The van der Waals surface area contributed by atoms with Gasteiger partial charge in [0.05, 0.1) is 0 Å². The second-order valence-corrected chi connectivity index (χ2v) is 58.2. The van der Waals surface area contributed by atoms with Gasteiger partial charge in [0.25, 0.3) is 0 Å². The molecule has 2 aromatic rings. The predicted octanol–water partition coefficient (Wildman–Crippen LogP) is 12.1. The van der Waals surface area contributed by atoms with Crippen LogP contribution in [0.15, 0.2) is 48.8 Å². The van der Waals surface area contributed by atoms with Gasteiger partial charge in [0.15, 0.2) is 0 Å². The number of rotatable bonds is 8. The van der Waals surface area contributed by atoms with Gasteiger partial charge in [-0.1, -0.05) is 0 Å². The molecule has 270 valence electrons. The first-order valence-corrected chi connectivity index (χ1v) is 33.9. The SMILES string of the molecule is C[Si](C)(C)[C]12[CH]3[C]4(CP(C5C6CC7CC(C6)CC5C7)C5C6CC7CC(C6)CC5C7)[C]5(C(P)(c6ccccn6)c6ccccn6)[CH]1[Fe]34521678[CH]2[CH]1[CH]6[CH]7[CH]28. The fraction of sp³-hybridized carbons (Fsp3) is 0.778. The number of hydrogen-bond donors (Lipinski definition) is 0. The molecular formula is C45H58FeN2P2Si. The number of nitrogens with zero attached hydrogens (tertiary/aromatic N) is 2.